The van der Waals surface area contributed by atoms with E-state index in [1.54, 1.807) is 19.1 Å². The number of methoxy groups -OCH3 is 1. The molecule has 0 amide bonds. The van der Waals surface area contributed by atoms with Gasteiger partial charge in [-0.1, -0.05) is 42.5 Å². The van der Waals surface area contributed by atoms with Crippen LogP contribution in [0.1, 0.15) is 15.9 Å². The first-order chi connectivity index (χ1) is 12.9. The van der Waals surface area contributed by atoms with Crippen LogP contribution in [0.3, 0.4) is 0 Å². The monoisotopic (exact) mass is 381 g/mol. The summed E-state index contributed by atoms with van der Waals surface area (Å²) >= 11 is 5.23. The van der Waals surface area contributed by atoms with Crippen molar-refractivity contribution in [2.45, 2.75) is 6.92 Å². The molecule has 1 N–H and O–H groups in total. The first-order valence-electron chi connectivity index (χ1n) is 7.96. The number of nitrogens with zero attached hydrogens (tertiary/aromatic N) is 2. The number of rotatable bonds is 4. The Hall–Kier alpha value is -3.39. The van der Waals surface area contributed by atoms with E-state index in [0.717, 1.165) is 0 Å². The van der Waals surface area contributed by atoms with E-state index in [2.05, 4.69) is 9.97 Å². The van der Waals surface area contributed by atoms with Crippen LogP contribution in [0.2, 0.25) is 0 Å². The maximum absolute atomic E-state index is 12.5. The highest BCUT2D eigenvalue weighted by molar-refractivity contribution is 7.71. The lowest BCUT2D eigenvalue weighted by Crippen LogP contribution is -2.10. The Kier molecular flexibility index (Phi) is 5.09. The molecular weight excluding hydrogens is 366 g/mol. The Balaban J connectivity index is 2.35. The second kappa shape index (κ2) is 7.46. The predicted octanol–water partition coefficient (Wildman–Crippen LogP) is 4.48. The maximum atomic E-state index is 12.5. The summed E-state index contributed by atoms with van der Waals surface area (Å²) in [6.45, 7) is 1.64. The molecule has 0 radical (unpaired) electrons. The van der Waals surface area contributed by atoms with E-state index < -0.39 is 10.9 Å². The van der Waals surface area contributed by atoms with Gasteiger partial charge in [0, 0.05) is 17.2 Å². The highest BCUT2D eigenvalue weighted by atomic mass is 32.1. The van der Waals surface area contributed by atoms with Gasteiger partial charge in [-0.15, -0.1) is 0 Å². The molecule has 0 aliphatic heterocycles. The highest BCUT2D eigenvalue weighted by Gasteiger charge is 2.23. The molecule has 3 rings (SSSR count). The average Bonchev–Trinajstić information content (AvgIpc) is 2.67. The minimum Gasteiger partial charge on any atom is -0.465 e. The SMILES string of the molecule is COC(=O)c1c(-c2ccc(C)c([N+](=O)[O-])c2)nc(=S)[nH]c1-c1ccccc1. The van der Waals surface area contributed by atoms with E-state index >= 15 is 0 Å². The lowest BCUT2D eigenvalue weighted by molar-refractivity contribution is -0.385. The van der Waals surface area contributed by atoms with Gasteiger partial charge in [-0.2, -0.15) is 0 Å². The fourth-order valence-corrected chi connectivity index (χ4v) is 2.95. The summed E-state index contributed by atoms with van der Waals surface area (Å²) in [6, 6.07) is 13.8. The van der Waals surface area contributed by atoms with Crippen molar-refractivity contribution in [3.05, 3.63) is 74.5 Å². The topological polar surface area (TPSA) is 98.1 Å². The zero-order valence-electron chi connectivity index (χ0n) is 14.6. The van der Waals surface area contributed by atoms with Gasteiger partial charge in [0.1, 0.15) is 5.56 Å². The molecule has 0 bridgehead atoms. The van der Waals surface area contributed by atoms with Crippen molar-refractivity contribution in [3.63, 3.8) is 0 Å². The van der Waals surface area contributed by atoms with Gasteiger partial charge in [0.15, 0.2) is 4.77 Å². The van der Waals surface area contributed by atoms with Crippen LogP contribution >= 0.6 is 12.2 Å². The van der Waals surface area contributed by atoms with Crippen LogP contribution in [0.25, 0.3) is 22.5 Å². The Bertz CT molecular complexity index is 1090. The molecule has 0 unspecified atom stereocenters. The number of nitro benzene ring substituents is 1. The molecule has 0 aliphatic carbocycles. The van der Waals surface area contributed by atoms with E-state index in [1.807, 2.05) is 30.3 Å². The van der Waals surface area contributed by atoms with Gasteiger partial charge in [0.2, 0.25) is 0 Å². The maximum Gasteiger partial charge on any atom is 0.342 e. The molecule has 0 saturated heterocycles. The number of aromatic nitrogens is 2. The Morgan fingerprint density at radius 1 is 1.19 bits per heavy atom. The van der Waals surface area contributed by atoms with Gasteiger partial charge in [-0.25, -0.2) is 9.78 Å². The number of nitro groups is 1. The molecule has 1 aromatic heterocycles. The quantitative estimate of drug-likeness (QED) is 0.310. The van der Waals surface area contributed by atoms with Crippen LogP contribution < -0.4 is 0 Å². The number of benzene rings is 2. The van der Waals surface area contributed by atoms with Gasteiger partial charge >= 0.3 is 5.97 Å². The van der Waals surface area contributed by atoms with Crippen LogP contribution in [0.5, 0.6) is 0 Å². The molecule has 3 aromatic rings. The minimum atomic E-state index is -0.620. The van der Waals surface area contributed by atoms with Gasteiger partial charge in [0.05, 0.1) is 23.4 Å². The molecule has 27 heavy (non-hydrogen) atoms. The second-order valence-electron chi connectivity index (χ2n) is 5.76. The number of H-pyrrole nitrogens is 1. The summed E-state index contributed by atoms with van der Waals surface area (Å²) in [5.74, 6) is -0.620. The lowest BCUT2D eigenvalue weighted by Gasteiger charge is -2.13. The lowest BCUT2D eigenvalue weighted by atomic mass is 9.99. The number of hydrogen-bond acceptors (Lipinski definition) is 6. The van der Waals surface area contributed by atoms with Crippen molar-refractivity contribution in [3.8, 4) is 22.5 Å². The molecule has 0 atom stereocenters. The first kappa shape index (κ1) is 18.4. The number of aromatic amines is 1. The summed E-state index contributed by atoms with van der Waals surface area (Å²) in [4.78, 5) is 30.6. The van der Waals surface area contributed by atoms with Crippen LogP contribution in [0.15, 0.2) is 48.5 Å². The fourth-order valence-electron chi connectivity index (χ4n) is 2.76. The number of carbonyl (C=O) groups is 1. The third kappa shape index (κ3) is 3.61. The zero-order valence-corrected chi connectivity index (χ0v) is 15.4. The van der Waals surface area contributed by atoms with Gasteiger partial charge in [-0.3, -0.25) is 10.1 Å². The van der Waals surface area contributed by atoms with Gasteiger partial charge < -0.3 is 9.72 Å². The number of carbonyl (C=O) groups excluding carboxylic acids is 1. The molecule has 0 aliphatic rings. The Morgan fingerprint density at radius 2 is 1.89 bits per heavy atom. The van der Waals surface area contributed by atoms with E-state index in [0.29, 0.717) is 22.4 Å². The standard InChI is InChI=1S/C19H15N3O4S/c1-11-8-9-13(10-14(11)22(24)25)17-15(18(23)26-2)16(20-19(27)21-17)12-6-4-3-5-7-12/h3-10H,1-2H3,(H,20,21,27). The first-order valence-corrected chi connectivity index (χ1v) is 8.36. The number of ether oxygens (including phenoxy) is 1. The number of hydrogen-bond donors (Lipinski definition) is 1. The Morgan fingerprint density at radius 3 is 2.52 bits per heavy atom. The van der Waals surface area contributed by atoms with Crippen molar-refractivity contribution >= 4 is 23.9 Å². The van der Waals surface area contributed by atoms with Crippen molar-refractivity contribution < 1.29 is 14.5 Å². The van der Waals surface area contributed by atoms with Crippen LogP contribution in [-0.4, -0.2) is 28.0 Å². The summed E-state index contributed by atoms with van der Waals surface area (Å²) in [5, 5.41) is 11.3. The number of esters is 1. The normalized spacial score (nSPS) is 10.4. The molecule has 8 heteroatoms. The summed E-state index contributed by atoms with van der Waals surface area (Å²) < 4.78 is 5.09. The van der Waals surface area contributed by atoms with Crippen LogP contribution in [0, 0.1) is 21.8 Å². The van der Waals surface area contributed by atoms with Gasteiger partial charge in [0.25, 0.3) is 5.69 Å². The highest BCUT2D eigenvalue weighted by Crippen LogP contribution is 2.32. The van der Waals surface area contributed by atoms with Crippen molar-refractivity contribution in [2.24, 2.45) is 0 Å². The molecule has 0 fully saturated rings. The van der Waals surface area contributed by atoms with Crippen molar-refractivity contribution in [2.75, 3.05) is 7.11 Å². The summed E-state index contributed by atoms with van der Waals surface area (Å²) in [6.07, 6.45) is 0. The van der Waals surface area contributed by atoms with E-state index in [-0.39, 0.29) is 21.7 Å². The average molecular weight is 381 g/mol. The molecule has 0 spiro atoms. The van der Waals surface area contributed by atoms with Crippen molar-refractivity contribution in [1.29, 1.82) is 0 Å². The molecule has 0 saturated carbocycles. The van der Waals surface area contributed by atoms with E-state index in [9.17, 15) is 14.9 Å². The third-order valence-corrected chi connectivity index (χ3v) is 4.26. The van der Waals surface area contributed by atoms with E-state index in [4.69, 9.17) is 17.0 Å². The van der Waals surface area contributed by atoms with Crippen molar-refractivity contribution in [1.82, 2.24) is 9.97 Å². The third-order valence-electron chi connectivity index (χ3n) is 4.06. The van der Waals surface area contributed by atoms with Crippen LogP contribution in [-0.2, 0) is 4.74 Å². The zero-order chi connectivity index (χ0) is 19.6. The molecule has 136 valence electrons. The molecular formula is C19H15N3O4S. The second-order valence-corrected chi connectivity index (χ2v) is 6.14. The van der Waals surface area contributed by atoms with E-state index in [1.165, 1.54) is 13.2 Å². The van der Waals surface area contributed by atoms with Crippen LogP contribution in [0.4, 0.5) is 5.69 Å². The Labute approximate surface area is 159 Å². The predicted molar refractivity (Wildman–Crippen MR) is 103 cm³/mol. The number of nitrogens with one attached hydrogen (secondary N) is 1. The molecule has 7 nitrogen and oxygen atoms in total. The number of aryl methyl sites for hydroxylation is 1. The molecule has 2 aromatic carbocycles. The largest absolute Gasteiger partial charge is 0.465 e. The summed E-state index contributed by atoms with van der Waals surface area (Å²) in [5.41, 5.74) is 2.40. The summed E-state index contributed by atoms with van der Waals surface area (Å²) in [7, 11) is 1.26. The molecule has 1 heterocycles. The van der Waals surface area contributed by atoms with Gasteiger partial charge in [-0.05, 0) is 24.7 Å². The smallest absolute Gasteiger partial charge is 0.342 e. The fraction of sp³-hybridized carbons (Fsp3) is 0.105. The minimum absolute atomic E-state index is 0.0647.